The van der Waals surface area contributed by atoms with E-state index in [-0.39, 0.29) is 110 Å². The van der Waals surface area contributed by atoms with Gasteiger partial charge in [-0.15, -0.1) is 0 Å². The second-order valence-electron chi connectivity index (χ2n) is 16.9. The van der Waals surface area contributed by atoms with E-state index in [0.717, 1.165) is 0 Å². The molecule has 0 radical (unpaired) electrons. The Morgan fingerprint density at radius 2 is 0.603 bits per heavy atom. The van der Waals surface area contributed by atoms with E-state index in [4.69, 9.17) is 0 Å². The molecule has 13 aromatic rings. The fraction of sp³-hybridized carbons (Fsp3) is 0. The van der Waals surface area contributed by atoms with Crippen LogP contribution in [0.15, 0.2) is 184 Å². The molecule has 2 aromatic heterocycles. The van der Waals surface area contributed by atoms with Crippen LogP contribution in [0.4, 0.5) is 11.4 Å². The lowest BCUT2D eigenvalue weighted by Crippen LogP contribution is -2.14. The van der Waals surface area contributed by atoms with Gasteiger partial charge in [-0.3, -0.25) is 28.8 Å². The van der Waals surface area contributed by atoms with Crippen molar-refractivity contribution in [2.75, 3.05) is 0 Å². The largest absolute Gasteiger partial charge is 0.493 e. The number of aliphatic imine (C=N–C) groups is 2. The first-order chi connectivity index (χ1) is 33.1. The van der Waals surface area contributed by atoms with Gasteiger partial charge in [0.2, 0.25) is 11.8 Å². The highest BCUT2D eigenvalue weighted by Gasteiger charge is 2.25. The number of aromatic amines is 2. The van der Waals surface area contributed by atoms with Crippen LogP contribution in [0.5, 0.6) is 0 Å². The van der Waals surface area contributed by atoms with Gasteiger partial charge in [-0.1, -0.05) is 97.1 Å². The van der Waals surface area contributed by atoms with E-state index in [1.165, 1.54) is 0 Å². The molecule has 11 aromatic carbocycles. The topological polar surface area (TPSA) is 199 Å². The number of aliphatic hydroxyl groups excluding tert-OH is 2. The minimum Gasteiger partial charge on any atom is -0.493 e. The van der Waals surface area contributed by atoms with Crippen LogP contribution in [0.1, 0.15) is 11.1 Å². The summed E-state index contributed by atoms with van der Waals surface area (Å²) in [6.45, 7) is 0. The van der Waals surface area contributed by atoms with Crippen LogP contribution in [0.2, 0.25) is 0 Å². The zero-order valence-corrected chi connectivity index (χ0v) is 35.1. The molecule has 0 unspecified atom stereocenters. The Kier molecular flexibility index (Phi) is 7.93. The van der Waals surface area contributed by atoms with Crippen molar-refractivity contribution in [2.24, 2.45) is 9.98 Å². The van der Waals surface area contributed by atoms with Gasteiger partial charge >= 0.3 is 0 Å². The second-order valence-corrected chi connectivity index (χ2v) is 16.9. The maximum Gasteiger partial charge on any atom is 0.218 e. The number of benzene rings is 11. The predicted octanol–water partition coefficient (Wildman–Crippen LogP) is 9.62. The summed E-state index contributed by atoms with van der Waals surface area (Å²) in [5.74, 6) is -0.751. The molecule has 0 saturated carbocycles. The molecule has 0 atom stereocenters. The quantitative estimate of drug-likeness (QED) is 0.0761. The maximum atomic E-state index is 15.0. The molecule has 0 bridgehead atoms. The fourth-order valence-corrected chi connectivity index (χ4v) is 10.2. The molecule has 12 nitrogen and oxygen atoms in total. The van der Waals surface area contributed by atoms with Crippen LogP contribution in [-0.2, 0) is 0 Å². The van der Waals surface area contributed by atoms with Gasteiger partial charge < -0.3 is 20.2 Å². The van der Waals surface area contributed by atoms with Crippen LogP contribution in [0.25, 0.3) is 108 Å². The number of nitrogens with one attached hydrogen (secondary N) is 2. The molecule has 68 heavy (non-hydrogen) atoms. The van der Waals surface area contributed by atoms with Gasteiger partial charge in [-0.2, -0.15) is 0 Å². The number of hydrogen-bond donors (Lipinski definition) is 4. The Morgan fingerprint density at radius 1 is 0.309 bits per heavy atom. The van der Waals surface area contributed by atoms with Crippen molar-refractivity contribution in [1.82, 2.24) is 9.97 Å². The van der Waals surface area contributed by atoms with E-state index in [1.54, 1.807) is 146 Å². The molecule has 12 heteroatoms. The monoisotopic (exact) mass is 884 g/mol. The lowest BCUT2D eigenvalue weighted by atomic mass is 9.96. The Labute approximate surface area is 378 Å². The molecule has 0 fully saturated rings. The molecule has 4 N–H and O–H groups in total. The highest BCUT2D eigenvalue weighted by molar-refractivity contribution is 6.29. The zero-order valence-electron chi connectivity index (χ0n) is 35.1. The third kappa shape index (κ3) is 5.19. The molecule has 0 aliphatic heterocycles. The first-order valence-corrected chi connectivity index (χ1v) is 21.5. The van der Waals surface area contributed by atoms with E-state index in [0.29, 0.717) is 32.7 Å². The molecule has 0 amide bonds. The van der Waals surface area contributed by atoms with E-state index in [2.05, 4.69) is 20.0 Å². The van der Waals surface area contributed by atoms with Crippen molar-refractivity contribution >= 4 is 131 Å². The standard InChI is InChI=1S/C56H28N4O8/c61-49-29-15-7-9-17-31(29)51(63)43-41(49)37(57-55(67)25-11-3-1-4-12-25)23-35-27-19-21-33-39(45(27)59-47(35)43)53(65)34-22-20-28-36-24-38(58-56(68)26-13-5-2-6-14-26)42-44(48(36)60-46(28)40(34)54(33)66)52(64)32-18-10-8-16-30(32)50(42)62/h1-24,59-60H,(H,57,67)(H,58,68). The first-order valence-electron chi connectivity index (χ1n) is 21.5. The van der Waals surface area contributed by atoms with Crippen molar-refractivity contribution in [2.45, 2.75) is 0 Å². The van der Waals surface area contributed by atoms with Gasteiger partial charge in [-0.05, 0) is 48.5 Å². The van der Waals surface area contributed by atoms with Gasteiger partial charge in [0.1, 0.15) is 0 Å². The summed E-state index contributed by atoms with van der Waals surface area (Å²) < 4.78 is 0. The first kappa shape index (κ1) is 38.8. The lowest BCUT2D eigenvalue weighted by molar-refractivity contribution is 0.554. The van der Waals surface area contributed by atoms with Crippen molar-refractivity contribution in [3.8, 4) is 0 Å². The third-order valence-electron chi connectivity index (χ3n) is 13.3. The average Bonchev–Trinajstić information content (AvgIpc) is 3.94. The maximum absolute atomic E-state index is 15.0. The molecule has 320 valence electrons. The number of nitrogens with zero attached hydrogens (tertiary/aromatic N) is 2. The molecular weight excluding hydrogens is 857 g/mol. The van der Waals surface area contributed by atoms with Gasteiger partial charge in [0, 0.05) is 65.0 Å². The predicted molar refractivity (Wildman–Crippen MR) is 272 cm³/mol. The Hall–Kier alpha value is -9.68. The van der Waals surface area contributed by atoms with Crippen LogP contribution in [-0.4, -0.2) is 32.0 Å². The normalized spacial score (nSPS) is 12.8. The lowest BCUT2D eigenvalue weighted by Gasteiger charge is -2.07. The summed E-state index contributed by atoms with van der Waals surface area (Å²) in [5, 5.41) is 25.2. The summed E-state index contributed by atoms with van der Waals surface area (Å²) >= 11 is 0. The zero-order chi connectivity index (χ0) is 46.3. The smallest absolute Gasteiger partial charge is 0.218 e. The molecule has 0 aliphatic rings. The minimum atomic E-state index is -0.505. The average molecular weight is 885 g/mol. The van der Waals surface area contributed by atoms with Crippen LogP contribution in [0, 0.1) is 0 Å². The van der Waals surface area contributed by atoms with E-state index >= 15 is 9.59 Å². The highest BCUT2D eigenvalue weighted by Crippen LogP contribution is 2.40. The molecule has 0 spiro atoms. The second kappa shape index (κ2) is 13.9. The van der Waals surface area contributed by atoms with Crippen LogP contribution in [0.3, 0.4) is 0 Å². The Balaban J connectivity index is 1.13. The Morgan fingerprint density at radius 3 is 0.971 bits per heavy atom. The summed E-state index contributed by atoms with van der Waals surface area (Å²) in [6.07, 6.45) is 0. The van der Waals surface area contributed by atoms with E-state index in [1.807, 2.05) is 0 Å². The van der Waals surface area contributed by atoms with Gasteiger partial charge in [-0.25, -0.2) is 9.98 Å². The number of aliphatic hydroxyl groups is 2. The molecule has 13 rings (SSSR count). The number of H-pyrrole nitrogens is 2. The molecule has 0 saturated heterocycles. The molecule has 2 heterocycles. The summed E-state index contributed by atoms with van der Waals surface area (Å²) in [7, 11) is 0. The minimum absolute atomic E-state index is 0.0188. The summed E-state index contributed by atoms with van der Waals surface area (Å²) in [4.78, 5) is 103. The van der Waals surface area contributed by atoms with Crippen molar-refractivity contribution < 1.29 is 10.2 Å². The number of fused-ring (bicyclic) bond motifs is 16. The van der Waals surface area contributed by atoms with Gasteiger partial charge in [0.05, 0.1) is 65.8 Å². The van der Waals surface area contributed by atoms with Crippen LogP contribution >= 0.6 is 0 Å². The Bertz CT molecular complexity index is 4570. The van der Waals surface area contributed by atoms with Crippen molar-refractivity contribution in [3.05, 3.63) is 218 Å². The third-order valence-corrected chi connectivity index (χ3v) is 13.3. The fourth-order valence-electron chi connectivity index (χ4n) is 10.2. The summed E-state index contributed by atoms with van der Waals surface area (Å²) in [5.41, 5.74) is -0.973. The molecular formula is C56H28N4O8. The SMILES string of the molecule is O=c1c2ccccc2c(=O)c2c1c(N=C(O)c1ccccc1)cc1c3ccc4c(=O)c5c(ccc6c7cc(N=C(O)c8ccccc8)c8c(=O)c9ccccc9c(=O)c8c7[nH]c65)c(=O)c4c3[nH]c12. The summed E-state index contributed by atoms with van der Waals surface area (Å²) in [6, 6.07) is 39.7. The van der Waals surface area contributed by atoms with Crippen molar-refractivity contribution in [3.63, 3.8) is 0 Å². The number of rotatable bonds is 4. The molecule has 0 aliphatic carbocycles. The van der Waals surface area contributed by atoms with E-state index in [9.17, 15) is 29.4 Å². The number of aromatic nitrogens is 2. The van der Waals surface area contributed by atoms with Crippen LogP contribution < -0.4 is 32.6 Å². The van der Waals surface area contributed by atoms with Crippen molar-refractivity contribution in [1.29, 1.82) is 0 Å². The highest BCUT2D eigenvalue weighted by atomic mass is 16.3. The number of hydrogen-bond acceptors (Lipinski definition) is 8. The van der Waals surface area contributed by atoms with Gasteiger partial charge in [0.25, 0.3) is 0 Å². The van der Waals surface area contributed by atoms with Gasteiger partial charge in [0.15, 0.2) is 32.6 Å². The van der Waals surface area contributed by atoms with E-state index < -0.39 is 32.6 Å².